The normalized spacial score (nSPS) is 11.6. The van der Waals surface area contributed by atoms with Crippen LogP contribution in [0, 0.1) is 0 Å². The van der Waals surface area contributed by atoms with Crippen LogP contribution in [-0.2, 0) is 16.1 Å². The number of carbonyl (C=O) groups is 2. The number of halogens is 2. The number of ether oxygens (including phenoxy) is 1. The first-order chi connectivity index (χ1) is 13.5. The SMILES string of the molecule is CCNC(=O)[C@H](CC)N(Cc1ccccc1)C(=O)COc1ccc(Br)cc1Cl. The van der Waals surface area contributed by atoms with Gasteiger partial charge in [0.05, 0.1) is 5.02 Å². The second-order valence-electron chi connectivity index (χ2n) is 6.19. The highest BCUT2D eigenvalue weighted by Crippen LogP contribution is 2.27. The predicted molar refractivity (Wildman–Crippen MR) is 114 cm³/mol. The Morgan fingerprint density at radius 2 is 1.89 bits per heavy atom. The molecule has 0 aromatic heterocycles. The van der Waals surface area contributed by atoms with Crippen molar-refractivity contribution in [3.8, 4) is 5.75 Å². The van der Waals surface area contributed by atoms with E-state index in [0.29, 0.717) is 30.3 Å². The quantitative estimate of drug-likeness (QED) is 0.594. The van der Waals surface area contributed by atoms with Crippen molar-refractivity contribution in [3.05, 3.63) is 63.6 Å². The topological polar surface area (TPSA) is 58.6 Å². The summed E-state index contributed by atoms with van der Waals surface area (Å²) < 4.78 is 6.45. The summed E-state index contributed by atoms with van der Waals surface area (Å²) in [5, 5.41) is 3.22. The largest absolute Gasteiger partial charge is 0.482 e. The summed E-state index contributed by atoms with van der Waals surface area (Å²) in [5.74, 6) is -0.0270. The standard InChI is InChI=1S/C21H24BrClN2O3/c1-3-18(21(27)24-4-2)25(13-15-8-6-5-7-9-15)20(26)14-28-19-11-10-16(22)12-17(19)23/h5-12,18H,3-4,13-14H2,1-2H3,(H,24,27)/t18-/m0/s1. The molecule has 0 saturated heterocycles. The fraction of sp³-hybridized carbons (Fsp3) is 0.333. The molecule has 0 aliphatic carbocycles. The number of nitrogens with one attached hydrogen (secondary N) is 1. The number of benzene rings is 2. The third kappa shape index (κ3) is 6.24. The average Bonchev–Trinajstić information content (AvgIpc) is 2.68. The van der Waals surface area contributed by atoms with Gasteiger partial charge in [-0.05, 0) is 37.1 Å². The molecule has 0 bridgehead atoms. The number of amides is 2. The molecule has 0 fully saturated rings. The lowest BCUT2D eigenvalue weighted by molar-refractivity contribution is -0.142. The van der Waals surface area contributed by atoms with Crippen LogP contribution < -0.4 is 10.1 Å². The Morgan fingerprint density at radius 3 is 2.50 bits per heavy atom. The van der Waals surface area contributed by atoms with Gasteiger partial charge in [0.2, 0.25) is 5.91 Å². The van der Waals surface area contributed by atoms with Crippen molar-refractivity contribution in [2.75, 3.05) is 13.2 Å². The van der Waals surface area contributed by atoms with Crippen LogP contribution in [-0.4, -0.2) is 35.9 Å². The number of likely N-dealkylation sites (N-methyl/N-ethyl adjacent to an activating group) is 1. The third-order valence-corrected chi connectivity index (χ3v) is 4.97. The zero-order chi connectivity index (χ0) is 20.5. The Balaban J connectivity index is 2.18. The fourth-order valence-electron chi connectivity index (χ4n) is 2.81. The van der Waals surface area contributed by atoms with Crippen LogP contribution in [0.5, 0.6) is 5.75 Å². The molecule has 7 heteroatoms. The van der Waals surface area contributed by atoms with Gasteiger partial charge < -0.3 is 15.0 Å². The Labute approximate surface area is 179 Å². The molecule has 150 valence electrons. The van der Waals surface area contributed by atoms with Crippen LogP contribution in [0.25, 0.3) is 0 Å². The Hall–Kier alpha value is -2.05. The van der Waals surface area contributed by atoms with Crippen molar-refractivity contribution < 1.29 is 14.3 Å². The van der Waals surface area contributed by atoms with E-state index in [0.717, 1.165) is 10.0 Å². The van der Waals surface area contributed by atoms with Crippen molar-refractivity contribution in [1.29, 1.82) is 0 Å². The highest BCUT2D eigenvalue weighted by atomic mass is 79.9. The van der Waals surface area contributed by atoms with Crippen molar-refractivity contribution in [1.82, 2.24) is 10.2 Å². The molecule has 0 aliphatic heterocycles. The van der Waals surface area contributed by atoms with Gasteiger partial charge in [-0.15, -0.1) is 0 Å². The maximum Gasteiger partial charge on any atom is 0.261 e. The van der Waals surface area contributed by atoms with Gasteiger partial charge in [0.15, 0.2) is 6.61 Å². The van der Waals surface area contributed by atoms with E-state index >= 15 is 0 Å². The van der Waals surface area contributed by atoms with E-state index in [-0.39, 0.29) is 18.4 Å². The third-order valence-electron chi connectivity index (χ3n) is 4.18. The molecule has 1 N–H and O–H groups in total. The van der Waals surface area contributed by atoms with Gasteiger partial charge >= 0.3 is 0 Å². The maximum atomic E-state index is 13.0. The van der Waals surface area contributed by atoms with Gasteiger partial charge in [0.1, 0.15) is 11.8 Å². The summed E-state index contributed by atoms with van der Waals surface area (Å²) in [6.45, 7) is 4.37. The van der Waals surface area contributed by atoms with Gasteiger partial charge in [-0.3, -0.25) is 9.59 Å². The van der Waals surface area contributed by atoms with E-state index in [1.165, 1.54) is 0 Å². The average molecular weight is 468 g/mol. The predicted octanol–water partition coefficient (Wildman–Crippen LogP) is 4.42. The lowest BCUT2D eigenvalue weighted by Crippen LogP contribution is -2.50. The smallest absolute Gasteiger partial charge is 0.261 e. The summed E-state index contributed by atoms with van der Waals surface area (Å²) in [4.78, 5) is 27.0. The van der Waals surface area contributed by atoms with Gasteiger partial charge in [0, 0.05) is 17.6 Å². The van der Waals surface area contributed by atoms with Crippen LogP contribution in [0.1, 0.15) is 25.8 Å². The first kappa shape index (κ1) is 22.2. The van der Waals surface area contributed by atoms with E-state index in [1.54, 1.807) is 23.1 Å². The number of nitrogens with zero attached hydrogens (tertiary/aromatic N) is 1. The number of carbonyl (C=O) groups excluding carboxylic acids is 2. The summed E-state index contributed by atoms with van der Waals surface area (Å²) in [7, 11) is 0. The van der Waals surface area contributed by atoms with E-state index in [1.807, 2.05) is 44.2 Å². The van der Waals surface area contributed by atoms with Crippen LogP contribution in [0.2, 0.25) is 5.02 Å². The first-order valence-electron chi connectivity index (χ1n) is 9.15. The monoisotopic (exact) mass is 466 g/mol. The van der Waals surface area contributed by atoms with Crippen molar-refractivity contribution in [2.24, 2.45) is 0 Å². The van der Waals surface area contributed by atoms with Crippen molar-refractivity contribution in [2.45, 2.75) is 32.9 Å². The molecule has 5 nitrogen and oxygen atoms in total. The molecule has 0 spiro atoms. The van der Waals surface area contributed by atoms with Crippen LogP contribution >= 0.6 is 27.5 Å². The summed E-state index contributed by atoms with van der Waals surface area (Å²) in [6.07, 6.45) is 0.503. The van der Waals surface area contributed by atoms with E-state index in [4.69, 9.17) is 16.3 Å². The molecule has 2 rings (SSSR count). The number of rotatable bonds is 9. The van der Waals surface area contributed by atoms with Gasteiger partial charge in [0.25, 0.3) is 5.91 Å². The Bertz CT molecular complexity index is 801. The Kier molecular flexibility index (Phi) is 8.80. The second kappa shape index (κ2) is 11.1. The zero-order valence-electron chi connectivity index (χ0n) is 16.0. The zero-order valence-corrected chi connectivity index (χ0v) is 18.3. The number of hydrogen-bond acceptors (Lipinski definition) is 3. The molecule has 28 heavy (non-hydrogen) atoms. The van der Waals surface area contributed by atoms with E-state index < -0.39 is 6.04 Å². The molecular weight excluding hydrogens is 444 g/mol. The van der Waals surface area contributed by atoms with Crippen molar-refractivity contribution >= 4 is 39.3 Å². The van der Waals surface area contributed by atoms with E-state index in [9.17, 15) is 9.59 Å². The second-order valence-corrected chi connectivity index (χ2v) is 7.51. The molecule has 2 amide bonds. The molecule has 0 unspecified atom stereocenters. The van der Waals surface area contributed by atoms with Crippen LogP contribution in [0.4, 0.5) is 0 Å². The van der Waals surface area contributed by atoms with Crippen LogP contribution in [0.15, 0.2) is 53.0 Å². The summed E-state index contributed by atoms with van der Waals surface area (Å²) in [6, 6.07) is 14.2. The fourth-order valence-corrected chi connectivity index (χ4v) is 3.53. The minimum Gasteiger partial charge on any atom is -0.482 e. The van der Waals surface area contributed by atoms with Crippen LogP contribution in [0.3, 0.4) is 0 Å². The molecule has 0 aliphatic rings. The van der Waals surface area contributed by atoms with Crippen molar-refractivity contribution in [3.63, 3.8) is 0 Å². The molecule has 0 heterocycles. The molecular formula is C21H24BrClN2O3. The highest BCUT2D eigenvalue weighted by molar-refractivity contribution is 9.10. The lowest BCUT2D eigenvalue weighted by Gasteiger charge is -2.30. The molecule has 2 aromatic carbocycles. The first-order valence-corrected chi connectivity index (χ1v) is 10.3. The van der Waals surface area contributed by atoms with E-state index in [2.05, 4.69) is 21.2 Å². The molecule has 2 aromatic rings. The number of hydrogen-bond donors (Lipinski definition) is 1. The lowest BCUT2D eigenvalue weighted by atomic mass is 10.1. The summed E-state index contributed by atoms with van der Waals surface area (Å²) in [5.41, 5.74) is 0.945. The summed E-state index contributed by atoms with van der Waals surface area (Å²) >= 11 is 9.50. The molecule has 1 atom stereocenters. The highest BCUT2D eigenvalue weighted by Gasteiger charge is 2.28. The minimum absolute atomic E-state index is 0.170. The van der Waals surface area contributed by atoms with Gasteiger partial charge in [-0.25, -0.2) is 0 Å². The van der Waals surface area contributed by atoms with Gasteiger partial charge in [-0.2, -0.15) is 0 Å². The Morgan fingerprint density at radius 1 is 1.18 bits per heavy atom. The minimum atomic E-state index is -0.573. The maximum absolute atomic E-state index is 13.0. The molecule has 0 radical (unpaired) electrons. The molecule has 0 saturated carbocycles. The van der Waals surface area contributed by atoms with Gasteiger partial charge in [-0.1, -0.05) is 64.8 Å².